The molecule has 0 bridgehead atoms. The molecule has 1 aliphatic carbocycles. The fourth-order valence-corrected chi connectivity index (χ4v) is 3.55. The van der Waals surface area contributed by atoms with Gasteiger partial charge in [-0.1, -0.05) is 11.6 Å². The van der Waals surface area contributed by atoms with Crippen molar-refractivity contribution in [3.63, 3.8) is 0 Å². The van der Waals surface area contributed by atoms with Gasteiger partial charge in [0.25, 0.3) is 0 Å². The van der Waals surface area contributed by atoms with E-state index in [0.717, 1.165) is 25.1 Å². The van der Waals surface area contributed by atoms with Gasteiger partial charge in [0.15, 0.2) is 0 Å². The van der Waals surface area contributed by atoms with Crippen molar-refractivity contribution >= 4 is 5.91 Å². The number of aryl methyl sites for hydroxylation is 1. The molecule has 2 aliphatic rings. The molecule has 22 heavy (non-hydrogen) atoms. The van der Waals surface area contributed by atoms with Crippen LogP contribution in [0.3, 0.4) is 0 Å². The third kappa shape index (κ3) is 3.24. The van der Waals surface area contributed by atoms with Crippen LogP contribution in [0.1, 0.15) is 57.7 Å². The van der Waals surface area contributed by atoms with Crippen LogP contribution in [0.5, 0.6) is 0 Å². The summed E-state index contributed by atoms with van der Waals surface area (Å²) < 4.78 is 1.98. The standard InChI is InChI=1S/C17H26N4O/c1-3-21-15(10-11-18-21)17-14(8-9-16(22)20-17)19-13-6-4-12(2)5-7-13/h4,10-11,13-14,17,19H,3,5-9H2,1-2H3,(H,20,22). The minimum absolute atomic E-state index is 0.0238. The highest BCUT2D eigenvalue weighted by atomic mass is 16.1. The molecule has 1 aromatic rings. The quantitative estimate of drug-likeness (QED) is 0.839. The number of carbonyl (C=O) groups is 1. The SMILES string of the molecule is CCn1nccc1C1NC(=O)CCC1NC1CC=C(C)CC1. The maximum absolute atomic E-state index is 11.9. The van der Waals surface area contributed by atoms with Crippen LogP contribution in [-0.2, 0) is 11.3 Å². The number of rotatable bonds is 4. The lowest BCUT2D eigenvalue weighted by molar-refractivity contribution is -0.124. The van der Waals surface area contributed by atoms with E-state index in [1.54, 1.807) is 0 Å². The lowest BCUT2D eigenvalue weighted by atomic mass is 9.91. The molecule has 1 aromatic heterocycles. The predicted octanol–water partition coefficient (Wildman–Crippen LogP) is 2.31. The Hall–Kier alpha value is -1.62. The van der Waals surface area contributed by atoms with Gasteiger partial charge in [-0.2, -0.15) is 5.10 Å². The van der Waals surface area contributed by atoms with Crippen LogP contribution in [-0.4, -0.2) is 27.8 Å². The number of amides is 1. The summed E-state index contributed by atoms with van der Waals surface area (Å²) in [6.45, 7) is 5.12. The fraction of sp³-hybridized carbons (Fsp3) is 0.647. The smallest absolute Gasteiger partial charge is 0.220 e. The predicted molar refractivity (Wildman–Crippen MR) is 86.3 cm³/mol. The third-order valence-corrected chi connectivity index (χ3v) is 4.86. The molecule has 5 nitrogen and oxygen atoms in total. The second-order valence-electron chi connectivity index (χ2n) is 6.45. The van der Waals surface area contributed by atoms with Gasteiger partial charge >= 0.3 is 0 Å². The molecule has 3 atom stereocenters. The van der Waals surface area contributed by atoms with Gasteiger partial charge in [-0.15, -0.1) is 0 Å². The average Bonchev–Trinajstić information content (AvgIpc) is 2.99. The van der Waals surface area contributed by atoms with Gasteiger partial charge < -0.3 is 10.6 Å². The first-order valence-corrected chi connectivity index (χ1v) is 8.40. The molecule has 2 N–H and O–H groups in total. The summed E-state index contributed by atoms with van der Waals surface area (Å²) in [5, 5.41) is 11.3. The Balaban J connectivity index is 1.74. The fourth-order valence-electron chi connectivity index (χ4n) is 3.55. The van der Waals surface area contributed by atoms with E-state index in [9.17, 15) is 4.79 Å². The van der Waals surface area contributed by atoms with Gasteiger partial charge in [-0.3, -0.25) is 9.48 Å². The molecule has 1 amide bonds. The molecule has 0 aromatic carbocycles. The van der Waals surface area contributed by atoms with Crippen molar-refractivity contribution in [1.29, 1.82) is 0 Å². The maximum atomic E-state index is 11.9. The zero-order valence-corrected chi connectivity index (χ0v) is 13.5. The Morgan fingerprint density at radius 3 is 3.00 bits per heavy atom. The number of nitrogens with zero attached hydrogens (tertiary/aromatic N) is 2. The summed E-state index contributed by atoms with van der Waals surface area (Å²) in [5.41, 5.74) is 2.60. The molecule has 0 saturated carbocycles. The van der Waals surface area contributed by atoms with Gasteiger partial charge in [-0.25, -0.2) is 0 Å². The molecule has 2 heterocycles. The monoisotopic (exact) mass is 302 g/mol. The van der Waals surface area contributed by atoms with Crippen LogP contribution in [0.15, 0.2) is 23.9 Å². The summed E-state index contributed by atoms with van der Waals surface area (Å²) in [5.74, 6) is 0.145. The highest BCUT2D eigenvalue weighted by Gasteiger charge is 2.33. The Kier molecular flexibility index (Phi) is 4.62. The zero-order valence-electron chi connectivity index (χ0n) is 13.5. The van der Waals surface area contributed by atoms with E-state index in [-0.39, 0.29) is 18.0 Å². The molecular weight excluding hydrogens is 276 g/mol. The van der Waals surface area contributed by atoms with Gasteiger partial charge in [0, 0.05) is 31.2 Å². The van der Waals surface area contributed by atoms with Crippen molar-refractivity contribution in [2.45, 2.75) is 70.6 Å². The van der Waals surface area contributed by atoms with E-state index in [2.05, 4.69) is 35.7 Å². The normalized spacial score (nSPS) is 29.1. The van der Waals surface area contributed by atoms with Crippen molar-refractivity contribution in [2.24, 2.45) is 0 Å². The van der Waals surface area contributed by atoms with E-state index >= 15 is 0 Å². The van der Waals surface area contributed by atoms with Crippen LogP contribution >= 0.6 is 0 Å². The summed E-state index contributed by atoms with van der Waals surface area (Å²) in [7, 11) is 0. The number of carbonyl (C=O) groups excluding carboxylic acids is 1. The topological polar surface area (TPSA) is 59.0 Å². The van der Waals surface area contributed by atoms with Gasteiger partial charge in [-0.05, 0) is 45.6 Å². The third-order valence-electron chi connectivity index (χ3n) is 4.86. The number of hydrogen-bond donors (Lipinski definition) is 2. The zero-order chi connectivity index (χ0) is 15.5. The van der Waals surface area contributed by atoms with E-state index in [1.165, 1.54) is 18.4 Å². The number of allylic oxidation sites excluding steroid dienone is 1. The Labute approximate surface area is 132 Å². The van der Waals surface area contributed by atoms with Gasteiger partial charge in [0.05, 0.1) is 11.7 Å². The van der Waals surface area contributed by atoms with Gasteiger partial charge in [0.1, 0.15) is 0 Å². The molecule has 120 valence electrons. The van der Waals surface area contributed by atoms with E-state index in [1.807, 2.05) is 16.9 Å². The molecule has 0 radical (unpaired) electrons. The first-order valence-electron chi connectivity index (χ1n) is 8.40. The minimum atomic E-state index is 0.0238. The first kappa shape index (κ1) is 15.3. The van der Waals surface area contributed by atoms with Crippen LogP contribution in [0.25, 0.3) is 0 Å². The van der Waals surface area contributed by atoms with Crippen molar-refractivity contribution in [3.05, 3.63) is 29.6 Å². The summed E-state index contributed by atoms with van der Waals surface area (Å²) >= 11 is 0. The minimum Gasteiger partial charge on any atom is -0.346 e. The highest BCUT2D eigenvalue weighted by molar-refractivity contribution is 5.77. The van der Waals surface area contributed by atoms with Crippen LogP contribution in [0.2, 0.25) is 0 Å². The van der Waals surface area contributed by atoms with Crippen molar-refractivity contribution < 1.29 is 4.79 Å². The summed E-state index contributed by atoms with van der Waals surface area (Å²) in [6, 6.07) is 2.86. The lowest BCUT2D eigenvalue weighted by Gasteiger charge is -2.36. The number of aromatic nitrogens is 2. The van der Waals surface area contributed by atoms with Crippen LogP contribution in [0, 0.1) is 0 Å². The lowest BCUT2D eigenvalue weighted by Crippen LogP contribution is -2.52. The van der Waals surface area contributed by atoms with Gasteiger partial charge in [0.2, 0.25) is 5.91 Å². The largest absolute Gasteiger partial charge is 0.346 e. The van der Waals surface area contributed by atoms with Crippen molar-refractivity contribution in [3.8, 4) is 0 Å². The molecule has 1 fully saturated rings. The summed E-state index contributed by atoms with van der Waals surface area (Å²) in [4.78, 5) is 11.9. The molecule has 1 saturated heterocycles. The van der Waals surface area contributed by atoms with Crippen molar-refractivity contribution in [2.75, 3.05) is 0 Å². The number of nitrogens with one attached hydrogen (secondary N) is 2. The second-order valence-corrected chi connectivity index (χ2v) is 6.45. The van der Waals surface area contributed by atoms with Crippen LogP contribution < -0.4 is 10.6 Å². The molecule has 1 aliphatic heterocycles. The van der Waals surface area contributed by atoms with E-state index in [4.69, 9.17) is 0 Å². The maximum Gasteiger partial charge on any atom is 0.220 e. The second kappa shape index (κ2) is 6.65. The average molecular weight is 302 g/mol. The first-order chi connectivity index (χ1) is 10.7. The Bertz CT molecular complexity index is 563. The summed E-state index contributed by atoms with van der Waals surface area (Å²) in [6.07, 6.45) is 9.12. The molecule has 5 heteroatoms. The van der Waals surface area contributed by atoms with E-state index in [0.29, 0.717) is 12.5 Å². The Morgan fingerprint density at radius 1 is 1.41 bits per heavy atom. The van der Waals surface area contributed by atoms with Crippen LogP contribution in [0.4, 0.5) is 0 Å². The number of hydrogen-bond acceptors (Lipinski definition) is 3. The highest BCUT2D eigenvalue weighted by Crippen LogP contribution is 2.26. The molecule has 3 unspecified atom stereocenters. The number of piperidine rings is 1. The Morgan fingerprint density at radius 2 is 2.27 bits per heavy atom. The van der Waals surface area contributed by atoms with E-state index < -0.39 is 0 Å². The molecular formula is C17H26N4O. The molecule has 3 rings (SSSR count). The van der Waals surface area contributed by atoms with Crippen molar-refractivity contribution in [1.82, 2.24) is 20.4 Å². The molecule has 0 spiro atoms.